The van der Waals surface area contributed by atoms with E-state index in [1.807, 2.05) is 0 Å². The van der Waals surface area contributed by atoms with Crippen LogP contribution >= 0.6 is 11.6 Å². The van der Waals surface area contributed by atoms with Crippen LogP contribution in [0.3, 0.4) is 0 Å². The number of urea groups is 1. The lowest BCUT2D eigenvalue weighted by Gasteiger charge is -2.26. The summed E-state index contributed by atoms with van der Waals surface area (Å²) >= 11 is 6.15. The third kappa shape index (κ3) is 5.66. The number of aromatic carboxylic acids is 1. The molecule has 0 fully saturated rings. The molecule has 2 heterocycles. The first-order valence-electron chi connectivity index (χ1n) is 12.0. The quantitative estimate of drug-likeness (QED) is 0.299. The highest BCUT2D eigenvalue weighted by atomic mass is 35.5. The number of benzene rings is 2. The number of ether oxygens (including phenoxy) is 1. The number of carboxylic acid groups (broad SMARTS) is 1. The average molecular weight is 574 g/mol. The molecule has 40 heavy (non-hydrogen) atoms. The number of nitro groups is 1. The molecule has 0 radical (unpaired) electrons. The molecule has 15 heteroatoms. The van der Waals surface area contributed by atoms with Crippen LogP contribution in [0, 0.1) is 16.0 Å². The van der Waals surface area contributed by atoms with E-state index in [0.29, 0.717) is 16.3 Å². The van der Waals surface area contributed by atoms with E-state index < -0.39 is 51.8 Å². The number of nitrogens with zero attached hydrogens (tertiary/aromatic N) is 4. The molecule has 1 aromatic heterocycles. The number of hydrogen-bond donors (Lipinski definition) is 2. The van der Waals surface area contributed by atoms with Crippen molar-refractivity contribution in [2.45, 2.75) is 38.9 Å². The number of aromatic nitrogens is 2. The normalized spacial score (nSPS) is 15.6. The van der Waals surface area contributed by atoms with Crippen LogP contribution in [-0.4, -0.2) is 49.7 Å². The van der Waals surface area contributed by atoms with Crippen LogP contribution in [0.1, 0.15) is 46.7 Å². The van der Waals surface area contributed by atoms with Crippen molar-refractivity contribution in [3.8, 4) is 5.75 Å². The maximum atomic E-state index is 13.7. The summed E-state index contributed by atoms with van der Waals surface area (Å²) < 4.78 is 11.3. The summed E-state index contributed by atoms with van der Waals surface area (Å²) in [7, 11) is 1.46. The summed E-state index contributed by atoms with van der Waals surface area (Å²) in [6, 6.07) is 6.76. The predicted molar refractivity (Wildman–Crippen MR) is 138 cm³/mol. The van der Waals surface area contributed by atoms with Gasteiger partial charge in [0.15, 0.2) is 5.82 Å². The van der Waals surface area contributed by atoms with Crippen molar-refractivity contribution in [3.05, 3.63) is 84.6 Å². The monoisotopic (exact) mass is 573 g/mol. The molecule has 210 valence electrons. The number of methoxy groups -OCH3 is 1. The van der Waals surface area contributed by atoms with Crippen molar-refractivity contribution in [1.29, 1.82) is 0 Å². The van der Waals surface area contributed by atoms with Gasteiger partial charge in [-0.1, -0.05) is 29.7 Å². The highest BCUT2D eigenvalue weighted by molar-refractivity contribution is 6.30. The zero-order chi connectivity index (χ0) is 29.1. The molecule has 3 aromatic rings. The molecule has 0 saturated carbocycles. The second-order valence-corrected chi connectivity index (χ2v) is 9.44. The van der Waals surface area contributed by atoms with Crippen molar-refractivity contribution in [2.75, 3.05) is 7.11 Å². The van der Waals surface area contributed by atoms with Gasteiger partial charge in [0, 0.05) is 17.6 Å². The molecule has 3 amide bonds. The van der Waals surface area contributed by atoms with Crippen molar-refractivity contribution in [2.24, 2.45) is 5.92 Å². The van der Waals surface area contributed by atoms with E-state index >= 15 is 0 Å². The highest BCUT2D eigenvalue weighted by Gasteiger charge is 2.37. The van der Waals surface area contributed by atoms with E-state index in [-0.39, 0.29) is 37.3 Å². The summed E-state index contributed by atoms with van der Waals surface area (Å²) in [5.74, 6) is -3.24. The number of halogens is 1. The van der Waals surface area contributed by atoms with Gasteiger partial charge in [-0.15, -0.1) is 0 Å². The van der Waals surface area contributed by atoms with Crippen molar-refractivity contribution in [1.82, 2.24) is 19.9 Å². The third-order valence-electron chi connectivity index (χ3n) is 6.59. The number of hydrogen-bond acceptors (Lipinski definition) is 9. The number of carbonyl (C=O) groups is 3. The van der Waals surface area contributed by atoms with Gasteiger partial charge in [-0.05, 0) is 48.2 Å². The second-order valence-electron chi connectivity index (χ2n) is 9.01. The predicted octanol–water partition coefficient (Wildman–Crippen LogP) is 3.17. The van der Waals surface area contributed by atoms with E-state index in [2.05, 4.69) is 10.5 Å². The first-order chi connectivity index (χ1) is 19.0. The van der Waals surface area contributed by atoms with Gasteiger partial charge in [-0.2, -0.15) is 0 Å². The van der Waals surface area contributed by atoms with E-state index in [4.69, 9.17) is 20.9 Å². The van der Waals surface area contributed by atoms with E-state index in [9.17, 15) is 34.4 Å². The zero-order valence-corrected chi connectivity index (χ0v) is 22.1. The Morgan fingerprint density at radius 2 is 2.05 bits per heavy atom. The summed E-state index contributed by atoms with van der Waals surface area (Å²) in [4.78, 5) is 62.4. The summed E-state index contributed by atoms with van der Waals surface area (Å²) in [6.07, 6.45) is 0.332. The van der Waals surface area contributed by atoms with E-state index in [1.54, 1.807) is 25.1 Å². The zero-order valence-electron chi connectivity index (χ0n) is 21.3. The lowest BCUT2D eigenvalue weighted by molar-refractivity contribution is -0.385. The van der Waals surface area contributed by atoms with Crippen LogP contribution in [0.4, 0.5) is 10.5 Å². The average Bonchev–Trinajstić information content (AvgIpc) is 3.20. The summed E-state index contributed by atoms with van der Waals surface area (Å²) in [5.41, 5.74) is -0.279. The van der Waals surface area contributed by atoms with Gasteiger partial charge in [0.1, 0.15) is 11.3 Å². The number of imide groups is 1. The maximum Gasteiger partial charge on any atom is 0.441 e. The number of nitrogens with one attached hydrogen (secondary N) is 1. The number of rotatable bonds is 8. The molecular formula is C25H24ClN5O9. The molecule has 4 rings (SSSR count). The Bertz CT molecular complexity index is 1550. The van der Waals surface area contributed by atoms with Crippen molar-refractivity contribution in [3.63, 3.8) is 0 Å². The Balaban J connectivity index is 1.65. The Morgan fingerprint density at radius 3 is 2.70 bits per heavy atom. The number of carbonyl (C=O) groups excluding carboxylic acids is 2. The number of fused-ring (bicyclic) bond motifs is 1. The van der Waals surface area contributed by atoms with Gasteiger partial charge in [-0.25, -0.2) is 14.4 Å². The molecule has 14 nitrogen and oxygen atoms in total. The van der Waals surface area contributed by atoms with Gasteiger partial charge in [0.2, 0.25) is 5.91 Å². The molecule has 2 atom stereocenters. The minimum Gasteiger partial charge on any atom is -0.496 e. The van der Waals surface area contributed by atoms with Crippen LogP contribution in [0.2, 0.25) is 5.02 Å². The molecular weight excluding hydrogens is 550 g/mol. The van der Waals surface area contributed by atoms with Gasteiger partial charge >= 0.3 is 17.8 Å². The lowest BCUT2D eigenvalue weighted by atomic mass is 9.97. The Labute approximate surface area is 231 Å². The molecule has 2 aromatic carbocycles. The van der Waals surface area contributed by atoms with Crippen LogP contribution < -0.4 is 15.8 Å². The lowest BCUT2D eigenvalue weighted by Crippen LogP contribution is -2.46. The Kier molecular flexibility index (Phi) is 8.18. The third-order valence-corrected chi connectivity index (χ3v) is 6.83. The van der Waals surface area contributed by atoms with Gasteiger partial charge in [0.05, 0.1) is 30.5 Å². The van der Waals surface area contributed by atoms with Crippen molar-refractivity contribution < 1.29 is 33.7 Å². The Morgan fingerprint density at radius 1 is 1.30 bits per heavy atom. The first-order valence-corrected chi connectivity index (χ1v) is 12.4. The molecule has 2 N–H and O–H groups in total. The topological polar surface area (TPSA) is 187 Å². The van der Waals surface area contributed by atoms with Crippen LogP contribution in [0.15, 0.2) is 45.7 Å². The molecule has 0 spiro atoms. The molecule has 0 bridgehead atoms. The van der Waals surface area contributed by atoms with Gasteiger partial charge in [-0.3, -0.25) is 28.9 Å². The van der Waals surface area contributed by atoms with Gasteiger partial charge in [0.25, 0.3) is 5.69 Å². The number of carboxylic acids is 1. The molecule has 0 saturated heterocycles. The maximum absolute atomic E-state index is 13.7. The highest BCUT2D eigenvalue weighted by Crippen LogP contribution is 2.29. The SMILES string of the molecule is CC[C@@H](NC(=O)N1Cc2noc(=O)n2C[C@H](Cc2cc(Cl)ccc2OC)C1=O)c1ccc(C(=O)O)c([N+](=O)[O-])c1. The molecule has 1 aliphatic rings. The van der Waals surface area contributed by atoms with E-state index in [1.165, 1.54) is 17.7 Å². The van der Waals surface area contributed by atoms with Crippen molar-refractivity contribution >= 4 is 35.2 Å². The number of amides is 3. The second kappa shape index (κ2) is 11.6. The van der Waals surface area contributed by atoms with Crippen LogP contribution in [0.5, 0.6) is 5.75 Å². The fourth-order valence-corrected chi connectivity index (χ4v) is 4.76. The van der Waals surface area contributed by atoms with E-state index in [0.717, 1.165) is 17.0 Å². The Hall–Kier alpha value is -4.72. The fourth-order valence-electron chi connectivity index (χ4n) is 4.57. The molecule has 0 unspecified atom stereocenters. The largest absolute Gasteiger partial charge is 0.496 e. The first kappa shape index (κ1) is 28.3. The van der Waals surface area contributed by atoms with Crippen LogP contribution in [-0.2, 0) is 24.3 Å². The summed E-state index contributed by atoms with van der Waals surface area (Å²) in [5, 5.41) is 27.5. The minimum atomic E-state index is -1.47. The summed E-state index contributed by atoms with van der Waals surface area (Å²) in [6.45, 7) is 1.22. The van der Waals surface area contributed by atoms with Crippen LogP contribution in [0.25, 0.3) is 0 Å². The molecule has 0 aliphatic carbocycles. The standard InChI is InChI=1S/C25H24ClN5O9/c1-3-18(13-4-6-17(23(33)34)19(10-13)31(37)38)27-24(35)30-12-21-28-40-25(36)29(21)11-15(22(30)32)8-14-9-16(26)5-7-20(14)39-2/h4-7,9-10,15,18H,3,8,11-12H2,1-2H3,(H,27,35)(H,33,34)/t15-,18+/m0/s1. The smallest absolute Gasteiger partial charge is 0.441 e. The fraction of sp³-hybridized carbons (Fsp3) is 0.320. The number of nitro benzene ring substituents is 1. The van der Waals surface area contributed by atoms with Gasteiger partial charge < -0.3 is 15.2 Å². The molecule has 1 aliphatic heterocycles. The minimum absolute atomic E-state index is 0.0588.